The van der Waals surface area contributed by atoms with Gasteiger partial charge in [-0.05, 0) is 13.3 Å². The zero-order valence-electron chi connectivity index (χ0n) is 13.1. The summed E-state index contributed by atoms with van der Waals surface area (Å²) in [6.07, 6.45) is 1.11. The van der Waals surface area contributed by atoms with Crippen molar-refractivity contribution in [3.8, 4) is 0 Å². The van der Waals surface area contributed by atoms with E-state index in [1.54, 1.807) is 0 Å². The van der Waals surface area contributed by atoms with Crippen molar-refractivity contribution in [2.45, 2.75) is 40.0 Å². The topological polar surface area (TPSA) is 41.1 Å². The van der Waals surface area contributed by atoms with Gasteiger partial charge in [-0.15, -0.1) is 0 Å². The minimum Gasteiger partial charge on any atom is -0.370 e. The maximum atomic E-state index is 4.83. The third-order valence-corrected chi connectivity index (χ3v) is 4.45. The highest BCUT2D eigenvalue weighted by Gasteiger charge is 2.19. The molecule has 0 spiro atoms. The fraction of sp³-hybridized carbons (Fsp3) is 0.733. The first-order valence-electron chi connectivity index (χ1n) is 7.58. The van der Waals surface area contributed by atoms with Crippen LogP contribution in [0.4, 0.5) is 11.6 Å². The molecule has 1 N–H and O–H groups in total. The fourth-order valence-corrected chi connectivity index (χ4v) is 3.18. The second kappa shape index (κ2) is 7.16. The van der Waals surface area contributed by atoms with Gasteiger partial charge in [0.15, 0.2) is 0 Å². The molecule has 0 amide bonds. The third-order valence-electron chi connectivity index (χ3n) is 3.51. The van der Waals surface area contributed by atoms with Gasteiger partial charge in [0, 0.05) is 42.6 Å². The van der Waals surface area contributed by atoms with Crippen molar-refractivity contribution in [1.82, 2.24) is 9.97 Å². The number of nitrogens with one attached hydrogen (secondary N) is 1. The molecule has 20 heavy (non-hydrogen) atoms. The van der Waals surface area contributed by atoms with Crippen molar-refractivity contribution in [1.29, 1.82) is 0 Å². The largest absolute Gasteiger partial charge is 0.370 e. The van der Waals surface area contributed by atoms with Crippen molar-refractivity contribution >= 4 is 23.4 Å². The predicted octanol–water partition coefficient (Wildman–Crippen LogP) is 3.28. The summed E-state index contributed by atoms with van der Waals surface area (Å²) in [6.45, 7) is 11.8. The van der Waals surface area contributed by atoms with Crippen LogP contribution in [0.1, 0.15) is 44.5 Å². The van der Waals surface area contributed by atoms with Crippen LogP contribution in [0.15, 0.2) is 0 Å². The summed E-state index contributed by atoms with van der Waals surface area (Å²) in [6, 6.07) is 0. The Bertz CT molecular complexity index is 442. The van der Waals surface area contributed by atoms with Gasteiger partial charge in [0.2, 0.25) is 0 Å². The molecular weight excluding hydrogens is 268 g/mol. The summed E-state index contributed by atoms with van der Waals surface area (Å²) in [5, 5.41) is 3.45. The van der Waals surface area contributed by atoms with Crippen LogP contribution in [-0.4, -0.2) is 41.1 Å². The lowest BCUT2D eigenvalue weighted by atomic mass is 10.2. The Balaban J connectivity index is 2.34. The van der Waals surface area contributed by atoms with Gasteiger partial charge < -0.3 is 10.2 Å². The summed E-state index contributed by atoms with van der Waals surface area (Å²) in [4.78, 5) is 12.0. The summed E-state index contributed by atoms with van der Waals surface area (Å²) in [5.41, 5.74) is 1.19. The van der Waals surface area contributed by atoms with E-state index < -0.39 is 0 Å². The van der Waals surface area contributed by atoms with Gasteiger partial charge in [0.25, 0.3) is 0 Å². The zero-order chi connectivity index (χ0) is 14.5. The second-order valence-corrected chi connectivity index (χ2v) is 6.78. The molecule has 1 aliphatic heterocycles. The van der Waals surface area contributed by atoms with Crippen molar-refractivity contribution in [3.05, 3.63) is 11.4 Å². The highest BCUT2D eigenvalue weighted by Crippen LogP contribution is 2.27. The first-order valence-corrected chi connectivity index (χ1v) is 8.74. The van der Waals surface area contributed by atoms with Gasteiger partial charge in [-0.25, -0.2) is 9.97 Å². The SMILES string of the molecule is CCCNc1nc(C(C)C)nc(N2CCSCC2)c1C. The van der Waals surface area contributed by atoms with Crippen molar-refractivity contribution in [2.75, 3.05) is 41.4 Å². The molecule has 0 saturated carbocycles. The van der Waals surface area contributed by atoms with E-state index in [2.05, 4.69) is 37.9 Å². The molecule has 1 saturated heterocycles. The molecule has 2 heterocycles. The van der Waals surface area contributed by atoms with E-state index in [0.29, 0.717) is 5.92 Å². The number of rotatable bonds is 5. The molecule has 112 valence electrons. The van der Waals surface area contributed by atoms with Crippen LogP contribution in [0.25, 0.3) is 0 Å². The van der Waals surface area contributed by atoms with Gasteiger partial charge in [0.05, 0.1) is 0 Å². The maximum Gasteiger partial charge on any atom is 0.137 e. The number of nitrogens with zero attached hydrogens (tertiary/aromatic N) is 3. The van der Waals surface area contributed by atoms with E-state index in [9.17, 15) is 0 Å². The van der Waals surface area contributed by atoms with E-state index >= 15 is 0 Å². The quantitative estimate of drug-likeness (QED) is 0.902. The summed E-state index contributed by atoms with van der Waals surface area (Å²) >= 11 is 2.03. The average molecular weight is 294 g/mol. The van der Waals surface area contributed by atoms with Gasteiger partial charge in [-0.1, -0.05) is 20.8 Å². The lowest BCUT2D eigenvalue weighted by molar-refractivity contribution is 0.749. The summed E-state index contributed by atoms with van der Waals surface area (Å²) in [7, 11) is 0. The number of thioether (sulfide) groups is 1. The van der Waals surface area contributed by atoms with Gasteiger partial charge >= 0.3 is 0 Å². The number of aromatic nitrogens is 2. The molecule has 4 nitrogen and oxygen atoms in total. The molecule has 5 heteroatoms. The number of hydrogen-bond donors (Lipinski definition) is 1. The Labute approximate surface area is 126 Å². The molecule has 0 unspecified atom stereocenters. The van der Waals surface area contributed by atoms with E-state index in [0.717, 1.165) is 43.5 Å². The Morgan fingerprint density at radius 1 is 1.25 bits per heavy atom. The molecule has 0 aromatic carbocycles. The van der Waals surface area contributed by atoms with E-state index in [-0.39, 0.29) is 0 Å². The van der Waals surface area contributed by atoms with Crippen molar-refractivity contribution in [2.24, 2.45) is 0 Å². The van der Waals surface area contributed by atoms with Crippen LogP contribution in [-0.2, 0) is 0 Å². The fourth-order valence-electron chi connectivity index (χ4n) is 2.28. The molecule has 2 rings (SSSR count). The Hall–Kier alpha value is -0.970. The highest BCUT2D eigenvalue weighted by atomic mass is 32.2. The first-order chi connectivity index (χ1) is 9.63. The first kappa shape index (κ1) is 15.4. The van der Waals surface area contributed by atoms with Crippen LogP contribution < -0.4 is 10.2 Å². The lowest BCUT2D eigenvalue weighted by Crippen LogP contribution is -2.34. The summed E-state index contributed by atoms with van der Waals surface area (Å²) in [5.74, 6) is 5.83. The smallest absolute Gasteiger partial charge is 0.137 e. The Kier molecular flexibility index (Phi) is 5.52. The van der Waals surface area contributed by atoms with E-state index in [1.807, 2.05) is 11.8 Å². The molecular formula is C15H26N4S. The minimum atomic E-state index is 0.357. The van der Waals surface area contributed by atoms with E-state index in [4.69, 9.17) is 9.97 Å². The molecule has 1 aromatic rings. The van der Waals surface area contributed by atoms with Gasteiger partial charge in [-0.2, -0.15) is 11.8 Å². The molecule has 1 fully saturated rings. The van der Waals surface area contributed by atoms with Crippen LogP contribution >= 0.6 is 11.8 Å². The number of hydrogen-bond acceptors (Lipinski definition) is 5. The minimum absolute atomic E-state index is 0.357. The monoisotopic (exact) mass is 294 g/mol. The van der Waals surface area contributed by atoms with Crippen LogP contribution in [0, 0.1) is 6.92 Å². The molecule has 0 aliphatic carbocycles. The lowest BCUT2D eigenvalue weighted by Gasteiger charge is -2.30. The molecule has 1 aliphatic rings. The highest BCUT2D eigenvalue weighted by molar-refractivity contribution is 7.99. The standard InChI is InChI=1S/C15H26N4S/c1-5-6-16-14-12(4)15(18-13(17-14)11(2)3)19-7-9-20-10-8-19/h11H,5-10H2,1-4H3,(H,16,17,18). The van der Waals surface area contributed by atoms with Crippen LogP contribution in [0.3, 0.4) is 0 Å². The summed E-state index contributed by atoms with van der Waals surface area (Å²) < 4.78 is 0. The van der Waals surface area contributed by atoms with Crippen molar-refractivity contribution < 1.29 is 0 Å². The molecule has 0 bridgehead atoms. The molecule has 1 aromatic heterocycles. The average Bonchev–Trinajstić information content (AvgIpc) is 2.47. The predicted molar refractivity (Wildman–Crippen MR) is 89.2 cm³/mol. The van der Waals surface area contributed by atoms with Crippen LogP contribution in [0.5, 0.6) is 0 Å². The van der Waals surface area contributed by atoms with Crippen LogP contribution in [0.2, 0.25) is 0 Å². The Morgan fingerprint density at radius 3 is 2.55 bits per heavy atom. The zero-order valence-corrected chi connectivity index (χ0v) is 13.9. The van der Waals surface area contributed by atoms with Gasteiger partial charge in [0.1, 0.15) is 17.5 Å². The normalized spacial score (nSPS) is 15.8. The Morgan fingerprint density at radius 2 is 1.95 bits per heavy atom. The molecule has 0 radical (unpaired) electrons. The van der Waals surface area contributed by atoms with E-state index in [1.165, 1.54) is 17.1 Å². The third kappa shape index (κ3) is 3.57. The maximum absolute atomic E-state index is 4.83. The second-order valence-electron chi connectivity index (χ2n) is 5.56. The van der Waals surface area contributed by atoms with Crippen molar-refractivity contribution in [3.63, 3.8) is 0 Å². The van der Waals surface area contributed by atoms with Gasteiger partial charge in [-0.3, -0.25) is 0 Å². The number of anilines is 2. The molecule has 0 atom stereocenters.